The van der Waals surface area contributed by atoms with Crippen molar-refractivity contribution in [3.05, 3.63) is 70.3 Å². The zero-order valence-corrected chi connectivity index (χ0v) is 15.7. The van der Waals surface area contributed by atoms with Crippen LogP contribution in [-0.4, -0.2) is 25.2 Å². The average Bonchev–Trinajstić information content (AvgIpc) is 2.79. The Morgan fingerprint density at radius 1 is 1.07 bits per heavy atom. The van der Waals surface area contributed by atoms with Crippen LogP contribution in [0.3, 0.4) is 0 Å². The molecule has 0 spiro atoms. The molecule has 1 aliphatic rings. The van der Waals surface area contributed by atoms with Gasteiger partial charge in [-0.2, -0.15) is 0 Å². The van der Waals surface area contributed by atoms with Crippen molar-refractivity contribution < 1.29 is 23.8 Å². The lowest BCUT2D eigenvalue weighted by Crippen LogP contribution is -2.09. The SMILES string of the molecule is CCOC(=O)/C=C1\c2ccccc2COc2c(C(=O)OCC)cc(C)cc21. The van der Waals surface area contributed by atoms with E-state index in [4.69, 9.17) is 14.2 Å². The van der Waals surface area contributed by atoms with E-state index in [-0.39, 0.29) is 13.2 Å². The lowest BCUT2D eigenvalue weighted by atomic mass is 9.91. The Hall–Kier alpha value is -3.08. The maximum absolute atomic E-state index is 12.5. The van der Waals surface area contributed by atoms with E-state index in [1.54, 1.807) is 19.9 Å². The Balaban J connectivity index is 2.25. The number of carbonyl (C=O) groups is 2. The summed E-state index contributed by atoms with van der Waals surface area (Å²) in [5.74, 6) is -0.459. The van der Waals surface area contributed by atoms with Crippen molar-refractivity contribution in [1.82, 2.24) is 0 Å². The lowest BCUT2D eigenvalue weighted by molar-refractivity contribution is -0.137. The molecule has 0 radical (unpaired) electrons. The van der Waals surface area contributed by atoms with Crippen LogP contribution in [0.4, 0.5) is 0 Å². The van der Waals surface area contributed by atoms with Crippen molar-refractivity contribution >= 4 is 17.5 Å². The van der Waals surface area contributed by atoms with E-state index >= 15 is 0 Å². The van der Waals surface area contributed by atoms with Crippen LogP contribution >= 0.6 is 0 Å². The van der Waals surface area contributed by atoms with Gasteiger partial charge in [-0.15, -0.1) is 0 Å². The third kappa shape index (κ3) is 3.87. The van der Waals surface area contributed by atoms with E-state index < -0.39 is 11.9 Å². The van der Waals surface area contributed by atoms with Crippen LogP contribution in [0.15, 0.2) is 42.5 Å². The summed E-state index contributed by atoms with van der Waals surface area (Å²) in [6.07, 6.45) is 1.46. The molecule has 5 nitrogen and oxygen atoms in total. The quantitative estimate of drug-likeness (QED) is 0.603. The highest BCUT2D eigenvalue weighted by Crippen LogP contribution is 2.40. The molecule has 140 valence electrons. The molecule has 3 rings (SSSR count). The van der Waals surface area contributed by atoms with Crippen LogP contribution in [0, 0.1) is 6.92 Å². The van der Waals surface area contributed by atoms with Gasteiger partial charge in [0, 0.05) is 17.2 Å². The molecule has 2 aromatic rings. The molecule has 0 fully saturated rings. The molecule has 0 atom stereocenters. The third-order valence-electron chi connectivity index (χ3n) is 4.25. The van der Waals surface area contributed by atoms with E-state index in [1.165, 1.54) is 6.08 Å². The van der Waals surface area contributed by atoms with Gasteiger partial charge in [0.1, 0.15) is 17.9 Å². The van der Waals surface area contributed by atoms with Crippen LogP contribution in [-0.2, 0) is 20.9 Å². The second-order valence-electron chi connectivity index (χ2n) is 6.17. The second kappa shape index (κ2) is 8.08. The Morgan fingerprint density at radius 2 is 1.81 bits per heavy atom. The van der Waals surface area contributed by atoms with Crippen molar-refractivity contribution in [2.45, 2.75) is 27.4 Å². The average molecular weight is 366 g/mol. The lowest BCUT2D eigenvalue weighted by Gasteiger charge is -2.15. The molecule has 1 heterocycles. The fourth-order valence-electron chi connectivity index (χ4n) is 3.15. The number of ether oxygens (including phenoxy) is 3. The molecule has 0 aromatic heterocycles. The van der Waals surface area contributed by atoms with Crippen molar-refractivity contribution in [3.8, 4) is 5.75 Å². The Bertz CT molecular complexity index is 911. The minimum absolute atomic E-state index is 0.271. The topological polar surface area (TPSA) is 61.8 Å². The van der Waals surface area contributed by atoms with Gasteiger partial charge in [0.2, 0.25) is 0 Å². The van der Waals surface area contributed by atoms with Gasteiger partial charge in [0.25, 0.3) is 0 Å². The molecule has 0 N–H and O–H groups in total. The molecule has 0 bridgehead atoms. The van der Waals surface area contributed by atoms with Gasteiger partial charge < -0.3 is 14.2 Å². The summed E-state index contributed by atoms with van der Waals surface area (Å²) in [4.78, 5) is 24.7. The van der Waals surface area contributed by atoms with Crippen molar-refractivity contribution in [2.75, 3.05) is 13.2 Å². The van der Waals surface area contributed by atoms with Crippen LogP contribution in [0.2, 0.25) is 0 Å². The molecule has 2 aromatic carbocycles. The molecule has 0 unspecified atom stereocenters. The minimum atomic E-state index is -0.445. The molecular formula is C22H22O5. The van der Waals surface area contributed by atoms with Crippen molar-refractivity contribution in [2.24, 2.45) is 0 Å². The largest absolute Gasteiger partial charge is 0.487 e. The normalized spacial score (nSPS) is 13.8. The number of hydrogen-bond acceptors (Lipinski definition) is 5. The van der Waals surface area contributed by atoms with Gasteiger partial charge in [-0.3, -0.25) is 0 Å². The summed E-state index contributed by atoms with van der Waals surface area (Å²) in [5, 5.41) is 0. The minimum Gasteiger partial charge on any atom is -0.487 e. The smallest absolute Gasteiger partial charge is 0.341 e. The van der Waals surface area contributed by atoms with Crippen LogP contribution in [0.1, 0.15) is 46.5 Å². The van der Waals surface area contributed by atoms with Gasteiger partial charge in [-0.25, -0.2) is 9.59 Å². The van der Waals surface area contributed by atoms with E-state index in [1.807, 2.05) is 37.3 Å². The summed E-state index contributed by atoms with van der Waals surface area (Å²) >= 11 is 0. The summed E-state index contributed by atoms with van der Waals surface area (Å²) in [6.45, 7) is 6.26. The van der Waals surface area contributed by atoms with E-state index in [0.29, 0.717) is 29.1 Å². The number of fused-ring (bicyclic) bond motifs is 2. The first-order chi connectivity index (χ1) is 13.0. The number of rotatable bonds is 4. The molecule has 0 saturated carbocycles. The highest BCUT2D eigenvalue weighted by molar-refractivity contribution is 6.01. The number of esters is 2. The molecule has 5 heteroatoms. The van der Waals surface area contributed by atoms with Gasteiger partial charge in [0.05, 0.1) is 13.2 Å². The van der Waals surface area contributed by atoms with E-state index in [2.05, 4.69) is 0 Å². The van der Waals surface area contributed by atoms with Crippen molar-refractivity contribution in [3.63, 3.8) is 0 Å². The standard InChI is InChI=1S/C22H22O5/c1-4-25-20(23)12-17-16-9-7-6-8-15(16)13-27-21-18(17)10-14(3)11-19(21)22(24)26-5-2/h6-12H,4-5,13H2,1-3H3/b17-12+. The van der Waals surface area contributed by atoms with E-state index in [0.717, 1.165) is 16.7 Å². The van der Waals surface area contributed by atoms with Crippen LogP contribution in [0.25, 0.3) is 5.57 Å². The van der Waals surface area contributed by atoms with Crippen LogP contribution in [0.5, 0.6) is 5.75 Å². The maximum Gasteiger partial charge on any atom is 0.341 e. The fraction of sp³-hybridized carbons (Fsp3) is 0.273. The van der Waals surface area contributed by atoms with Gasteiger partial charge in [-0.05, 0) is 49.6 Å². The highest BCUT2D eigenvalue weighted by atomic mass is 16.5. The summed E-state index contributed by atoms with van der Waals surface area (Å²) < 4.78 is 16.3. The summed E-state index contributed by atoms with van der Waals surface area (Å²) in [6, 6.07) is 11.4. The van der Waals surface area contributed by atoms with E-state index in [9.17, 15) is 9.59 Å². The zero-order valence-electron chi connectivity index (χ0n) is 15.7. The zero-order chi connectivity index (χ0) is 19.4. The first-order valence-electron chi connectivity index (χ1n) is 8.96. The molecule has 27 heavy (non-hydrogen) atoms. The number of benzene rings is 2. The predicted octanol–water partition coefficient (Wildman–Crippen LogP) is 4.06. The number of hydrogen-bond donors (Lipinski definition) is 0. The monoisotopic (exact) mass is 366 g/mol. The Kier molecular flexibility index (Phi) is 5.60. The molecule has 0 saturated heterocycles. The molecule has 0 aliphatic carbocycles. The summed E-state index contributed by atoms with van der Waals surface area (Å²) in [5.41, 5.74) is 4.38. The number of aryl methyl sites for hydroxylation is 1. The molecule has 1 aliphatic heterocycles. The number of carbonyl (C=O) groups excluding carboxylic acids is 2. The second-order valence-corrected chi connectivity index (χ2v) is 6.17. The van der Waals surface area contributed by atoms with Gasteiger partial charge >= 0.3 is 11.9 Å². The van der Waals surface area contributed by atoms with Gasteiger partial charge in [0.15, 0.2) is 0 Å². The molecule has 0 amide bonds. The highest BCUT2D eigenvalue weighted by Gasteiger charge is 2.26. The first kappa shape index (κ1) is 18.7. The fourth-order valence-corrected chi connectivity index (χ4v) is 3.15. The summed E-state index contributed by atoms with van der Waals surface area (Å²) in [7, 11) is 0. The molecular weight excluding hydrogens is 344 g/mol. The maximum atomic E-state index is 12.5. The third-order valence-corrected chi connectivity index (χ3v) is 4.25. The Labute approximate surface area is 158 Å². The predicted molar refractivity (Wildman–Crippen MR) is 102 cm³/mol. The van der Waals surface area contributed by atoms with Crippen LogP contribution < -0.4 is 4.74 Å². The van der Waals surface area contributed by atoms with Crippen molar-refractivity contribution in [1.29, 1.82) is 0 Å². The Morgan fingerprint density at radius 3 is 2.56 bits per heavy atom. The first-order valence-corrected chi connectivity index (χ1v) is 8.96. The van der Waals surface area contributed by atoms with Gasteiger partial charge in [-0.1, -0.05) is 24.3 Å².